The molecule has 1 aromatic heterocycles. The van der Waals surface area contributed by atoms with Crippen LogP contribution in [-0.2, 0) is 17.1 Å². The summed E-state index contributed by atoms with van der Waals surface area (Å²) in [5.74, 6) is 3.48. The summed E-state index contributed by atoms with van der Waals surface area (Å²) in [6.45, 7) is 7.16. The third-order valence-electron chi connectivity index (χ3n) is 6.21. The first kappa shape index (κ1) is 24.5. The van der Waals surface area contributed by atoms with Crippen molar-refractivity contribution in [2.24, 2.45) is 5.92 Å². The number of amides is 1. The Morgan fingerprint density at radius 2 is 2.09 bits per heavy atom. The van der Waals surface area contributed by atoms with Gasteiger partial charge in [0, 0.05) is 24.4 Å². The first-order chi connectivity index (χ1) is 16.6. The molecule has 0 bridgehead atoms. The lowest BCUT2D eigenvalue weighted by Crippen LogP contribution is -2.43. The van der Waals surface area contributed by atoms with E-state index in [1.165, 1.54) is 11.1 Å². The highest BCUT2D eigenvalue weighted by atomic mass is 32.2. The average molecular weight is 479 g/mol. The van der Waals surface area contributed by atoms with Crippen molar-refractivity contribution in [3.8, 4) is 11.4 Å². The molecule has 2 aromatic carbocycles. The van der Waals surface area contributed by atoms with Gasteiger partial charge in [-0.2, -0.15) is 16.7 Å². The summed E-state index contributed by atoms with van der Waals surface area (Å²) in [4.78, 5) is 19.6. The molecule has 1 atom stereocenters. The number of thioether (sulfide) groups is 1. The Labute approximate surface area is 206 Å². The minimum atomic E-state index is 0.0208. The molecule has 1 saturated heterocycles. The Hall–Kier alpha value is -2.64. The van der Waals surface area contributed by atoms with Crippen LogP contribution in [0.15, 0.2) is 53.1 Å². The lowest BCUT2D eigenvalue weighted by Gasteiger charge is -2.30. The van der Waals surface area contributed by atoms with Gasteiger partial charge in [0.2, 0.25) is 17.6 Å². The van der Waals surface area contributed by atoms with Crippen LogP contribution in [-0.4, -0.2) is 46.3 Å². The Kier molecular flexibility index (Phi) is 8.77. The molecule has 4 rings (SSSR count). The minimum Gasteiger partial charge on any atom is -0.356 e. The van der Waals surface area contributed by atoms with Crippen LogP contribution in [0.4, 0.5) is 0 Å². The van der Waals surface area contributed by atoms with Gasteiger partial charge < -0.3 is 9.84 Å². The first-order valence-corrected chi connectivity index (χ1v) is 13.3. The average Bonchev–Trinajstić information content (AvgIpc) is 3.30. The van der Waals surface area contributed by atoms with Crippen LogP contribution < -0.4 is 5.32 Å². The molecule has 1 unspecified atom stereocenters. The van der Waals surface area contributed by atoms with Crippen molar-refractivity contribution >= 4 is 17.7 Å². The number of aromatic nitrogens is 2. The second kappa shape index (κ2) is 12.2. The van der Waals surface area contributed by atoms with Gasteiger partial charge >= 0.3 is 0 Å². The maximum atomic E-state index is 12.7. The van der Waals surface area contributed by atoms with E-state index in [1.807, 2.05) is 43.0 Å². The maximum absolute atomic E-state index is 12.7. The van der Waals surface area contributed by atoms with Gasteiger partial charge in [-0.05, 0) is 56.5 Å². The second-order valence-corrected chi connectivity index (χ2v) is 10.2. The quantitative estimate of drug-likeness (QED) is 0.413. The lowest BCUT2D eigenvalue weighted by molar-refractivity contribution is -0.126. The third kappa shape index (κ3) is 6.93. The lowest BCUT2D eigenvalue weighted by atomic mass is 9.97. The van der Waals surface area contributed by atoms with E-state index in [1.54, 1.807) is 0 Å². The molecule has 2 heterocycles. The Morgan fingerprint density at radius 1 is 1.21 bits per heavy atom. The van der Waals surface area contributed by atoms with E-state index in [-0.39, 0.29) is 11.8 Å². The highest BCUT2D eigenvalue weighted by Gasteiger charge is 2.26. The second-order valence-electron chi connectivity index (χ2n) is 9.09. The number of carbonyl (C=O) groups excluding carboxylic acids is 1. The van der Waals surface area contributed by atoms with E-state index < -0.39 is 0 Å². The van der Waals surface area contributed by atoms with Gasteiger partial charge in [0.1, 0.15) is 0 Å². The van der Waals surface area contributed by atoms with Crippen molar-refractivity contribution in [2.45, 2.75) is 45.4 Å². The molecule has 1 amide bonds. The number of aryl methyl sites for hydroxylation is 2. The van der Waals surface area contributed by atoms with Crippen LogP contribution in [0.2, 0.25) is 0 Å². The fourth-order valence-electron chi connectivity index (χ4n) is 4.38. The van der Waals surface area contributed by atoms with Gasteiger partial charge in [-0.3, -0.25) is 9.69 Å². The van der Waals surface area contributed by atoms with Gasteiger partial charge in [0.25, 0.3) is 0 Å². The van der Waals surface area contributed by atoms with Crippen molar-refractivity contribution in [1.29, 1.82) is 0 Å². The summed E-state index contributed by atoms with van der Waals surface area (Å²) in [5, 5.41) is 7.31. The zero-order valence-corrected chi connectivity index (χ0v) is 20.9. The van der Waals surface area contributed by atoms with Gasteiger partial charge in [0.05, 0.1) is 12.5 Å². The molecule has 0 saturated carbocycles. The zero-order chi connectivity index (χ0) is 23.8. The topological polar surface area (TPSA) is 71.3 Å². The van der Waals surface area contributed by atoms with E-state index in [0.29, 0.717) is 18.3 Å². The number of nitrogens with zero attached hydrogens (tertiary/aromatic N) is 3. The monoisotopic (exact) mass is 478 g/mol. The van der Waals surface area contributed by atoms with E-state index >= 15 is 0 Å². The van der Waals surface area contributed by atoms with Crippen LogP contribution in [0.1, 0.15) is 41.8 Å². The largest absolute Gasteiger partial charge is 0.356 e. The van der Waals surface area contributed by atoms with Gasteiger partial charge in [-0.1, -0.05) is 59.3 Å². The smallest absolute Gasteiger partial charge is 0.241 e. The number of rotatable bonds is 10. The summed E-state index contributed by atoms with van der Waals surface area (Å²) in [5.41, 5.74) is 4.78. The number of piperidine rings is 1. The number of hydrogen-bond acceptors (Lipinski definition) is 6. The number of carbonyl (C=O) groups is 1. The zero-order valence-electron chi connectivity index (χ0n) is 20.1. The first-order valence-electron chi connectivity index (χ1n) is 12.1. The molecule has 0 spiro atoms. The molecule has 7 heteroatoms. The van der Waals surface area contributed by atoms with Crippen molar-refractivity contribution in [2.75, 3.05) is 25.4 Å². The van der Waals surface area contributed by atoms with E-state index in [2.05, 4.69) is 51.5 Å². The fourth-order valence-corrected chi connectivity index (χ4v) is 5.29. The van der Waals surface area contributed by atoms with Crippen LogP contribution in [0.3, 0.4) is 0 Å². The number of hydrogen-bond donors (Lipinski definition) is 1. The molecular weight excluding hydrogens is 444 g/mol. The number of benzene rings is 2. The highest BCUT2D eigenvalue weighted by molar-refractivity contribution is 7.98. The summed E-state index contributed by atoms with van der Waals surface area (Å²) in [7, 11) is 0. The molecular formula is C27H34N4O2S. The third-order valence-corrected chi connectivity index (χ3v) is 7.32. The minimum absolute atomic E-state index is 0.0208. The highest BCUT2D eigenvalue weighted by Crippen LogP contribution is 2.22. The molecule has 3 aromatic rings. The molecule has 0 radical (unpaired) electrons. The van der Waals surface area contributed by atoms with Crippen LogP contribution in [0, 0.1) is 19.8 Å². The van der Waals surface area contributed by atoms with Gasteiger partial charge in [-0.15, -0.1) is 0 Å². The number of likely N-dealkylation sites (tertiary alicyclic amines) is 1. The van der Waals surface area contributed by atoms with Crippen molar-refractivity contribution in [1.82, 2.24) is 20.4 Å². The molecule has 34 heavy (non-hydrogen) atoms. The maximum Gasteiger partial charge on any atom is 0.241 e. The van der Waals surface area contributed by atoms with Crippen LogP contribution >= 0.6 is 11.8 Å². The van der Waals surface area contributed by atoms with E-state index in [0.717, 1.165) is 61.5 Å². The van der Waals surface area contributed by atoms with Gasteiger partial charge in [0.15, 0.2) is 0 Å². The molecule has 1 fully saturated rings. The van der Waals surface area contributed by atoms with Gasteiger partial charge in [-0.25, -0.2) is 0 Å². The predicted octanol–water partition coefficient (Wildman–Crippen LogP) is 5.01. The van der Waals surface area contributed by atoms with Crippen molar-refractivity contribution in [3.63, 3.8) is 0 Å². The molecule has 6 nitrogen and oxygen atoms in total. The normalized spacial score (nSPS) is 16.5. The van der Waals surface area contributed by atoms with Crippen LogP contribution in [0.5, 0.6) is 0 Å². The SMILES string of the molecule is Cc1cccc(CSCCCNC(=O)C2CCCN(Cc3nc(-c4ccccc4C)no3)C2)c1. The molecule has 1 aliphatic heterocycles. The predicted molar refractivity (Wildman–Crippen MR) is 137 cm³/mol. The summed E-state index contributed by atoms with van der Waals surface area (Å²) in [6, 6.07) is 16.7. The van der Waals surface area contributed by atoms with E-state index in [4.69, 9.17) is 4.52 Å². The summed E-state index contributed by atoms with van der Waals surface area (Å²) in [6.07, 6.45) is 2.92. The van der Waals surface area contributed by atoms with Crippen molar-refractivity contribution < 1.29 is 9.32 Å². The summed E-state index contributed by atoms with van der Waals surface area (Å²) < 4.78 is 5.51. The summed E-state index contributed by atoms with van der Waals surface area (Å²) >= 11 is 1.92. The Bertz CT molecular complexity index is 1080. The van der Waals surface area contributed by atoms with Crippen molar-refractivity contribution in [3.05, 3.63) is 71.1 Å². The fraction of sp³-hybridized carbons (Fsp3) is 0.444. The van der Waals surface area contributed by atoms with Crippen LogP contribution in [0.25, 0.3) is 11.4 Å². The van der Waals surface area contributed by atoms with E-state index in [9.17, 15) is 4.79 Å². The molecule has 0 aliphatic carbocycles. The molecule has 1 N–H and O–H groups in total. The standard InChI is InChI=1S/C27H34N4O2S/c1-20-8-5-10-22(16-20)19-34-15-7-13-28-27(32)23-11-6-14-31(17-23)18-25-29-26(30-33-25)24-12-4-3-9-21(24)2/h3-5,8-10,12,16,23H,6-7,11,13-15,17-19H2,1-2H3,(H,28,32). The Morgan fingerprint density at radius 3 is 2.94 bits per heavy atom. The molecule has 1 aliphatic rings. The Balaban J connectivity index is 1.17. The molecule has 180 valence electrons. The number of nitrogens with one attached hydrogen (secondary N) is 1.